The standard InChI is InChI=1S/C16H13N3OS/c20-16-18-17-15(14-10-21-8-7-19(14)16)13-6-5-11-3-1-2-4-12(11)9-13/h1-6,9-10H,7-8H2,(H,18,20). The van der Waals surface area contributed by atoms with Crippen LogP contribution in [0.4, 0.5) is 4.79 Å². The van der Waals surface area contributed by atoms with Crippen molar-refractivity contribution in [3.8, 4) is 0 Å². The molecule has 0 unspecified atom stereocenters. The number of allylic oxidation sites excluding steroid dienone is 1. The van der Waals surface area contributed by atoms with Crippen molar-refractivity contribution in [2.24, 2.45) is 5.10 Å². The van der Waals surface area contributed by atoms with E-state index in [1.165, 1.54) is 10.8 Å². The summed E-state index contributed by atoms with van der Waals surface area (Å²) >= 11 is 1.72. The number of hydrogen-bond donors (Lipinski definition) is 1. The van der Waals surface area contributed by atoms with Crippen LogP contribution in [0.3, 0.4) is 0 Å². The summed E-state index contributed by atoms with van der Waals surface area (Å²) in [6.45, 7) is 0.717. The van der Waals surface area contributed by atoms with Crippen molar-refractivity contribution in [3.63, 3.8) is 0 Å². The van der Waals surface area contributed by atoms with Crippen LogP contribution in [0.5, 0.6) is 0 Å². The summed E-state index contributed by atoms with van der Waals surface area (Å²) in [7, 11) is 0. The molecule has 5 heteroatoms. The van der Waals surface area contributed by atoms with Crippen molar-refractivity contribution in [2.45, 2.75) is 0 Å². The highest BCUT2D eigenvalue weighted by Gasteiger charge is 2.29. The molecule has 0 atom stereocenters. The molecule has 0 radical (unpaired) electrons. The number of benzene rings is 2. The molecule has 0 saturated carbocycles. The van der Waals surface area contributed by atoms with Crippen molar-refractivity contribution < 1.29 is 4.79 Å². The molecule has 0 aromatic heterocycles. The molecule has 21 heavy (non-hydrogen) atoms. The molecule has 104 valence electrons. The lowest BCUT2D eigenvalue weighted by Crippen LogP contribution is -2.46. The first kappa shape index (κ1) is 12.5. The second-order valence-electron chi connectivity index (χ2n) is 4.96. The molecule has 2 aliphatic rings. The summed E-state index contributed by atoms with van der Waals surface area (Å²) in [6.07, 6.45) is 0. The number of thioether (sulfide) groups is 1. The molecule has 2 amide bonds. The van der Waals surface area contributed by atoms with Crippen LogP contribution in [0.2, 0.25) is 0 Å². The van der Waals surface area contributed by atoms with E-state index in [9.17, 15) is 4.79 Å². The Kier molecular flexibility index (Phi) is 2.93. The predicted molar refractivity (Wildman–Crippen MR) is 86.3 cm³/mol. The topological polar surface area (TPSA) is 44.7 Å². The van der Waals surface area contributed by atoms with E-state index in [0.717, 1.165) is 29.3 Å². The lowest BCUT2D eigenvalue weighted by molar-refractivity contribution is 0.213. The van der Waals surface area contributed by atoms with E-state index in [1.807, 2.05) is 17.5 Å². The van der Waals surface area contributed by atoms with Crippen LogP contribution in [-0.4, -0.2) is 28.9 Å². The number of hydrazone groups is 1. The number of carbonyl (C=O) groups is 1. The minimum atomic E-state index is -0.147. The van der Waals surface area contributed by atoms with Crippen LogP contribution in [0.1, 0.15) is 5.56 Å². The number of nitrogens with one attached hydrogen (secondary N) is 1. The monoisotopic (exact) mass is 295 g/mol. The van der Waals surface area contributed by atoms with Crippen LogP contribution in [0.15, 0.2) is 58.7 Å². The number of carbonyl (C=O) groups excluding carboxylic acids is 1. The van der Waals surface area contributed by atoms with Gasteiger partial charge in [0.2, 0.25) is 0 Å². The average Bonchev–Trinajstić information content (AvgIpc) is 2.55. The smallest absolute Gasteiger partial charge is 0.289 e. The zero-order chi connectivity index (χ0) is 14.2. The maximum Gasteiger partial charge on any atom is 0.342 e. The molecule has 0 aliphatic carbocycles. The van der Waals surface area contributed by atoms with Crippen molar-refractivity contribution >= 4 is 34.3 Å². The fourth-order valence-corrected chi connectivity index (χ4v) is 3.43. The minimum absolute atomic E-state index is 0.147. The zero-order valence-corrected chi connectivity index (χ0v) is 12.1. The highest BCUT2D eigenvalue weighted by Crippen LogP contribution is 2.26. The summed E-state index contributed by atoms with van der Waals surface area (Å²) in [5.74, 6) is 0.919. The molecule has 0 saturated heterocycles. The molecular formula is C16H13N3OS. The molecule has 2 aromatic rings. The Morgan fingerprint density at radius 1 is 1.14 bits per heavy atom. The minimum Gasteiger partial charge on any atom is -0.289 e. The van der Waals surface area contributed by atoms with Crippen molar-refractivity contribution in [1.82, 2.24) is 10.3 Å². The fraction of sp³-hybridized carbons (Fsp3) is 0.125. The van der Waals surface area contributed by atoms with Crippen LogP contribution in [-0.2, 0) is 0 Å². The van der Waals surface area contributed by atoms with Gasteiger partial charge in [-0.2, -0.15) is 5.10 Å². The number of fused-ring (bicyclic) bond motifs is 2. The zero-order valence-electron chi connectivity index (χ0n) is 11.2. The summed E-state index contributed by atoms with van der Waals surface area (Å²) in [5.41, 5.74) is 5.34. The molecule has 4 rings (SSSR count). The highest BCUT2D eigenvalue weighted by molar-refractivity contribution is 8.02. The van der Waals surface area contributed by atoms with Gasteiger partial charge in [-0.05, 0) is 22.2 Å². The van der Waals surface area contributed by atoms with Gasteiger partial charge in [0.15, 0.2) is 0 Å². The number of hydrogen-bond acceptors (Lipinski definition) is 3. The maximum absolute atomic E-state index is 11.9. The van der Waals surface area contributed by atoms with Gasteiger partial charge in [0.05, 0.1) is 5.70 Å². The number of nitrogens with zero attached hydrogens (tertiary/aromatic N) is 2. The van der Waals surface area contributed by atoms with Crippen molar-refractivity contribution in [3.05, 3.63) is 59.1 Å². The van der Waals surface area contributed by atoms with Gasteiger partial charge in [-0.25, -0.2) is 10.2 Å². The Bertz CT molecular complexity index is 797. The lowest BCUT2D eigenvalue weighted by Gasteiger charge is -2.31. The van der Waals surface area contributed by atoms with Crippen molar-refractivity contribution in [1.29, 1.82) is 0 Å². The van der Waals surface area contributed by atoms with E-state index in [4.69, 9.17) is 0 Å². The SMILES string of the molecule is O=C1NN=C(c2ccc3ccccc3c2)C2=CSCCN12. The fourth-order valence-electron chi connectivity index (χ4n) is 2.63. The van der Waals surface area contributed by atoms with E-state index in [2.05, 4.69) is 40.9 Å². The molecule has 0 bridgehead atoms. The molecule has 2 heterocycles. The van der Waals surface area contributed by atoms with Crippen LogP contribution < -0.4 is 5.43 Å². The number of urea groups is 1. The maximum atomic E-state index is 11.9. The van der Waals surface area contributed by atoms with E-state index >= 15 is 0 Å². The summed E-state index contributed by atoms with van der Waals surface area (Å²) in [5, 5.41) is 8.66. The lowest BCUT2D eigenvalue weighted by atomic mass is 10.0. The van der Waals surface area contributed by atoms with Gasteiger partial charge < -0.3 is 0 Å². The van der Waals surface area contributed by atoms with Crippen LogP contribution >= 0.6 is 11.8 Å². The summed E-state index contributed by atoms with van der Waals surface area (Å²) < 4.78 is 0. The van der Waals surface area contributed by atoms with Crippen LogP contribution in [0.25, 0.3) is 10.8 Å². The van der Waals surface area contributed by atoms with Gasteiger partial charge in [0.1, 0.15) is 5.71 Å². The largest absolute Gasteiger partial charge is 0.342 e. The first-order valence-electron chi connectivity index (χ1n) is 6.79. The number of rotatable bonds is 1. The highest BCUT2D eigenvalue weighted by atomic mass is 32.2. The van der Waals surface area contributed by atoms with E-state index in [-0.39, 0.29) is 6.03 Å². The first-order valence-corrected chi connectivity index (χ1v) is 7.84. The van der Waals surface area contributed by atoms with Gasteiger partial charge in [-0.1, -0.05) is 36.4 Å². The van der Waals surface area contributed by atoms with E-state index < -0.39 is 0 Å². The quantitative estimate of drug-likeness (QED) is 0.878. The van der Waals surface area contributed by atoms with Crippen LogP contribution in [0, 0.1) is 0 Å². The molecule has 2 aromatic carbocycles. The molecule has 2 aliphatic heterocycles. The Morgan fingerprint density at radius 3 is 2.90 bits per heavy atom. The third-order valence-electron chi connectivity index (χ3n) is 3.69. The van der Waals surface area contributed by atoms with Crippen molar-refractivity contribution in [2.75, 3.05) is 12.3 Å². The third-order valence-corrected chi connectivity index (χ3v) is 4.50. The molecular weight excluding hydrogens is 282 g/mol. The van der Waals surface area contributed by atoms with E-state index in [1.54, 1.807) is 16.7 Å². The van der Waals surface area contributed by atoms with Gasteiger partial charge >= 0.3 is 6.03 Å². The Hall–Kier alpha value is -2.27. The molecule has 1 N–H and O–H groups in total. The Morgan fingerprint density at radius 2 is 2.00 bits per heavy atom. The third kappa shape index (κ3) is 2.10. The molecule has 4 nitrogen and oxygen atoms in total. The second-order valence-corrected chi connectivity index (χ2v) is 5.94. The normalized spacial score (nSPS) is 17.9. The Labute approximate surface area is 126 Å². The molecule has 0 spiro atoms. The number of amides is 2. The molecule has 0 fully saturated rings. The van der Waals surface area contributed by atoms with Gasteiger partial charge in [-0.3, -0.25) is 4.90 Å². The van der Waals surface area contributed by atoms with E-state index in [0.29, 0.717) is 0 Å². The average molecular weight is 295 g/mol. The summed E-state index contributed by atoms with van der Waals surface area (Å²) in [6, 6.07) is 14.3. The Balaban J connectivity index is 1.83. The van der Waals surface area contributed by atoms with Gasteiger partial charge in [0.25, 0.3) is 0 Å². The first-order chi connectivity index (χ1) is 10.3. The predicted octanol–water partition coefficient (Wildman–Crippen LogP) is 3.16. The van der Waals surface area contributed by atoms with Gasteiger partial charge in [-0.15, -0.1) is 11.8 Å². The second kappa shape index (κ2) is 4.93. The van der Waals surface area contributed by atoms with Gasteiger partial charge in [0, 0.05) is 17.9 Å². The summed E-state index contributed by atoms with van der Waals surface area (Å²) in [4.78, 5) is 13.6.